The van der Waals surface area contributed by atoms with Crippen molar-refractivity contribution in [3.8, 4) is 28.3 Å². The molecule has 2 heterocycles. The van der Waals surface area contributed by atoms with Crippen molar-refractivity contribution in [2.75, 3.05) is 7.11 Å². The van der Waals surface area contributed by atoms with E-state index in [1.807, 2.05) is 35.8 Å². The molecule has 0 atom stereocenters. The van der Waals surface area contributed by atoms with Gasteiger partial charge >= 0.3 is 0 Å². The largest absolute Gasteiger partial charge is 0.491 e. The molecule has 28 heavy (non-hydrogen) atoms. The monoisotopic (exact) mass is 373 g/mol. The maximum atomic E-state index is 11.9. The highest BCUT2D eigenvalue weighted by Crippen LogP contribution is 2.29. The van der Waals surface area contributed by atoms with E-state index >= 15 is 0 Å². The predicted molar refractivity (Wildman–Crippen MR) is 106 cm³/mol. The van der Waals surface area contributed by atoms with Crippen molar-refractivity contribution in [2.24, 2.45) is 0 Å². The summed E-state index contributed by atoms with van der Waals surface area (Å²) in [6.07, 6.45) is 1.75. The number of pyridine rings is 1. The summed E-state index contributed by atoms with van der Waals surface area (Å²) in [6.45, 7) is 2.56. The Morgan fingerprint density at radius 1 is 1.07 bits per heavy atom. The lowest BCUT2D eigenvalue weighted by Crippen LogP contribution is -2.13. The molecule has 0 aliphatic heterocycles. The van der Waals surface area contributed by atoms with Crippen molar-refractivity contribution in [3.63, 3.8) is 0 Å². The molecule has 4 rings (SSSR count). The van der Waals surface area contributed by atoms with Gasteiger partial charge in [0, 0.05) is 23.9 Å². The number of aryl methyl sites for hydroxylation is 1. The Morgan fingerprint density at radius 2 is 1.82 bits per heavy atom. The smallest absolute Gasteiger partial charge is 0.223 e. The number of hydrogen-bond acceptors (Lipinski definition) is 5. The minimum absolute atomic E-state index is 0.107. The molecule has 0 amide bonds. The molecule has 0 saturated carbocycles. The van der Waals surface area contributed by atoms with E-state index in [0.717, 1.165) is 27.9 Å². The van der Waals surface area contributed by atoms with Gasteiger partial charge in [-0.1, -0.05) is 48.5 Å². The van der Waals surface area contributed by atoms with Gasteiger partial charge in [-0.05, 0) is 28.8 Å². The van der Waals surface area contributed by atoms with Crippen LogP contribution in [-0.4, -0.2) is 32.3 Å². The van der Waals surface area contributed by atoms with E-state index in [0.29, 0.717) is 18.1 Å². The molecule has 0 radical (unpaired) electrons. The first-order chi connectivity index (χ1) is 13.7. The summed E-state index contributed by atoms with van der Waals surface area (Å²) in [5.74, 6) is 0.909. The number of nitrogens with one attached hydrogen (secondary N) is 1. The van der Waals surface area contributed by atoms with Crippen LogP contribution in [0.5, 0.6) is 5.75 Å². The number of rotatable bonds is 5. The predicted octanol–water partition coefficient (Wildman–Crippen LogP) is 3.06. The number of aromatic nitrogens is 5. The van der Waals surface area contributed by atoms with Gasteiger partial charge in [0.15, 0.2) is 5.75 Å². The lowest BCUT2D eigenvalue weighted by Gasteiger charge is -2.13. The number of nitrogens with zero attached hydrogens (tertiary/aromatic N) is 4. The molecule has 0 bridgehead atoms. The van der Waals surface area contributed by atoms with Crippen molar-refractivity contribution in [1.29, 1.82) is 0 Å². The summed E-state index contributed by atoms with van der Waals surface area (Å²) < 4.78 is 7.15. The molecule has 1 N–H and O–H groups in total. The maximum absolute atomic E-state index is 11.9. The van der Waals surface area contributed by atoms with Gasteiger partial charge in [0.2, 0.25) is 11.3 Å². The summed E-state index contributed by atoms with van der Waals surface area (Å²) in [7, 11) is 1.51. The summed E-state index contributed by atoms with van der Waals surface area (Å²) in [4.78, 5) is 11.9. The first kappa shape index (κ1) is 17.7. The number of hydrogen-bond donors (Lipinski definition) is 1. The van der Waals surface area contributed by atoms with E-state index in [1.165, 1.54) is 7.11 Å². The van der Waals surface area contributed by atoms with E-state index in [1.54, 1.807) is 12.3 Å². The van der Waals surface area contributed by atoms with Crippen LogP contribution in [0.4, 0.5) is 0 Å². The topological polar surface area (TPSA) is 85.7 Å². The first-order valence-corrected chi connectivity index (χ1v) is 8.83. The first-order valence-electron chi connectivity index (χ1n) is 8.83. The molecule has 0 saturated heterocycles. The van der Waals surface area contributed by atoms with Crippen LogP contribution >= 0.6 is 0 Å². The molecule has 0 spiro atoms. The van der Waals surface area contributed by atoms with Crippen LogP contribution in [0, 0.1) is 6.92 Å². The van der Waals surface area contributed by atoms with Gasteiger partial charge in [0.05, 0.1) is 13.3 Å². The van der Waals surface area contributed by atoms with Crippen LogP contribution in [0.3, 0.4) is 0 Å². The normalized spacial score (nSPS) is 10.8. The standard InChI is InChI=1S/C21H19N5O2/c1-14-11-19(27)20(28-2)13-26(14)12-15-7-9-16(10-8-15)17-5-3-4-6-18(17)21-22-24-25-23-21/h3-11,13H,12H2,1-2H3,(H,22,23,24,25). The summed E-state index contributed by atoms with van der Waals surface area (Å²) >= 11 is 0. The molecular weight excluding hydrogens is 354 g/mol. The minimum atomic E-state index is -0.107. The molecule has 7 nitrogen and oxygen atoms in total. The van der Waals surface area contributed by atoms with Crippen LogP contribution in [0.25, 0.3) is 22.5 Å². The Balaban J connectivity index is 1.64. The lowest BCUT2D eigenvalue weighted by molar-refractivity contribution is 0.405. The maximum Gasteiger partial charge on any atom is 0.223 e. The van der Waals surface area contributed by atoms with Crippen molar-refractivity contribution in [1.82, 2.24) is 25.2 Å². The van der Waals surface area contributed by atoms with E-state index in [9.17, 15) is 4.79 Å². The van der Waals surface area contributed by atoms with Gasteiger partial charge in [-0.15, -0.1) is 10.2 Å². The highest BCUT2D eigenvalue weighted by Gasteiger charge is 2.11. The van der Waals surface area contributed by atoms with E-state index in [-0.39, 0.29) is 5.43 Å². The average Bonchev–Trinajstić information content (AvgIpc) is 3.25. The second kappa shape index (κ2) is 7.48. The van der Waals surface area contributed by atoms with Crippen LogP contribution in [0.1, 0.15) is 11.3 Å². The molecule has 0 aliphatic rings. The van der Waals surface area contributed by atoms with Gasteiger partial charge < -0.3 is 9.30 Å². The number of tetrazole rings is 1. The third-order valence-electron chi connectivity index (χ3n) is 4.66. The Hall–Kier alpha value is -3.74. The van der Waals surface area contributed by atoms with Crippen molar-refractivity contribution in [2.45, 2.75) is 13.5 Å². The Kier molecular flexibility index (Phi) is 4.72. The quantitative estimate of drug-likeness (QED) is 0.581. The summed E-state index contributed by atoms with van der Waals surface area (Å²) in [6, 6.07) is 17.8. The van der Waals surface area contributed by atoms with Crippen LogP contribution in [0.15, 0.2) is 65.6 Å². The Bertz CT molecular complexity index is 1150. The highest BCUT2D eigenvalue weighted by molar-refractivity contribution is 5.80. The average molecular weight is 373 g/mol. The zero-order valence-corrected chi connectivity index (χ0v) is 15.6. The molecule has 0 fully saturated rings. The number of ether oxygens (including phenoxy) is 1. The second-order valence-corrected chi connectivity index (χ2v) is 6.45. The fourth-order valence-corrected chi connectivity index (χ4v) is 3.17. The van der Waals surface area contributed by atoms with Gasteiger partial charge in [-0.2, -0.15) is 5.21 Å². The SMILES string of the molecule is COc1cn(Cc2ccc(-c3ccccc3-c3nn[nH]n3)cc2)c(C)cc1=O. The highest BCUT2D eigenvalue weighted by atomic mass is 16.5. The van der Waals surface area contributed by atoms with Gasteiger partial charge in [-0.3, -0.25) is 4.79 Å². The third-order valence-corrected chi connectivity index (χ3v) is 4.66. The Morgan fingerprint density at radius 3 is 2.50 bits per heavy atom. The molecule has 2 aromatic heterocycles. The number of H-pyrrole nitrogens is 1. The van der Waals surface area contributed by atoms with Crippen LogP contribution in [-0.2, 0) is 6.54 Å². The fourth-order valence-electron chi connectivity index (χ4n) is 3.17. The van der Waals surface area contributed by atoms with E-state index in [4.69, 9.17) is 4.74 Å². The molecule has 7 heteroatoms. The zero-order chi connectivity index (χ0) is 19.5. The molecule has 140 valence electrons. The summed E-state index contributed by atoms with van der Waals surface area (Å²) in [5.41, 5.74) is 4.93. The van der Waals surface area contributed by atoms with Crippen molar-refractivity contribution in [3.05, 3.63) is 82.3 Å². The number of benzene rings is 2. The van der Waals surface area contributed by atoms with Gasteiger partial charge in [-0.25, -0.2) is 0 Å². The lowest BCUT2D eigenvalue weighted by atomic mass is 9.98. The molecule has 4 aromatic rings. The van der Waals surface area contributed by atoms with Gasteiger partial charge in [0.25, 0.3) is 0 Å². The van der Waals surface area contributed by atoms with E-state index < -0.39 is 0 Å². The fraction of sp³-hybridized carbons (Fsp3) is 0.143. The molecule has 0 aliphatic carbocycles. The Labute approximate surface area is 161 Å². The zero-order valence-electron chi connectivity index (χ0n) is 15.6. The second-order valence-electron chi connectivity index (χ2n) is 6.45. The van der Waals surface area contributed by atoms with Crippen molar-refractivity contribution >= 4 is 0 Å². The molecule has 2 aromatic carbocycles. The summed E-state index contributed by atoms with van der Waals surface area (Å²) in [5, 5.41) is 14.3. The minimum Gasteiger partial charge on any atom is -0.491 e. The van der Waals surface area contributed by atoms with Crippen LogP contribution in [0.2, 0.25) is 0 Å². The molecule has 0 unspecified atom stereocenters. The number of methoxy groups -OCH3 is 1. The molecular formula is C21H19N5O2. The van der Waals surface area contributed by atoms with E-state index in [2.05, 4.69) is 44.9 Å². The third kappa shape index (κ3) is 3.42. The number of aromatic amines is 1. The van der Waals surface area contributed by atoms with Crippen molar-refractivity contribution < 1.29 is 4.74 Å². The van der Waals surface area contributed by atoms with Crippen LogP contribution < -0.4 is 10.2 Å². The van der Waals surface area contributed by atoms with Gasteiger partial charge in [0.1, 0.15) is 0 Å².